The number of hydrogen-bond acceptors (Lipinski definition) is 5. The van der Waals surface area contributed by atoms with E-state index in [2.05, 4.69) is 15.6 Å². The van der Waals surface area contributed by atoms with Crippen molar-refractivity contribution in [3.8, 4) is 0 Å². The van der Waals surface area contributed by atoms with Gasteiger partial charge in [0.25, 0.3) is 0 Å². The summed E-state index contributed by atoms with van der Waals surface area (Å²) < 4.78 is 0.755. The van der Waals surface area contributed by atoms with Gasteiger partial charge in [0.1, 0.15) is 0 Å². The van der Waals surface area contributed by atoms with E-state index in [0.29, 0.717) is 16.4 Å². The lowest BCUT2D eigenvalue weighted by Gasteiger charge is -2.06. The maximum absolute atomic E-state index is 12.2. The van der Waals surface area contributed by atoms with Gasteiger partial charge in [0.05, 0.1) is 17.9 Å². The van der Waals surface area contributed by atoms with Crippen LogP contribution in [0.4, 0.5) is 11.4 Å². The van der Waals surface area contributed by atoms with Crippen molar-refractivity contribution in [3.63, 3.8) is 0 Å². The van der Waals surface area contributed by atoms with Gasteiger partial charge >= 0.3 is 0 Å². The number of amides is 2. The number of halogens is 1. The lowest BCUT2D eigenvalue weighted by Crippen LogP contribution is -2.15. The molecule has 2 N–H and O–H groups in total. The third kappa shape index (κ3) is 6.09. The molecule has 3 aromatic rings. The predicted molar refractivity (Wildman–Crippen MR) is 116 cm³/mol. The molecule has 1 heterocycles. The molecule has 0 bridgehead atoms. The first kappa shape index (κ1) is 20.4. The Morgan fingerprint density at radius 3 is 2.57 bits per heavy atom. The molecule has 144 valence electrons. The van der Waals surface area contributed by atoms with Crippen molar-refractivity contribution in [2.45, 2.75) is 17.7 Å². The summed E-state index contributed by atoms with van der Waals surface area (Å²) in [6.45, 7) is 1.95. The summed E-state index contributed by atoms with van der Waals surface area (Å²) in [6, 6.07) is 14.6. The molecule has 8 heteroatoms. The van der Waals surface area contributed by atoms with Crippen molar-refractivity contribution in [2.24, 2.45) is 0 Å². The molecule has 0 radical (unpaired) electrons. The molecule has 2 amide bonds. The van der Waals surface area contributed by atoms with Gasteiger partial charge in [-0.1, -0.05) is 41.6 Å². The number of nitrogens with zero attached hydrogens (tertiary/aromatic N) is 1. The van der Waals surface area contributed by atoms with Gasteiger partial charge in [0.2, 0.25) is 11.8 Å². The molecule has 0 atom stereocenters. The fourth-order valence-corrected chi connectivity index (χ4v) is 4.14. The molecule has 0 aliphatic carbocycles. The van der Waals surface area contributed by atoms with Crippen molar-refractivity contribution in [1.82, 2.24) is 4.98 Å². The first-order valence-corrected chi connectivity index (χ1v) is 10.7. The highest BCUT2D eigenvalue weighted by molar-refractivity contribution is 8.01. The Hall–Kier alpha value is -2.35. The number of carbonyl (C=O) groups is 2. The van der Waals surface area contributed by atoms with Gasteiger partial charge in [0, 0.05) is 21.8 Å². The van der Waals surface area contributed by atoms with Crippen LogP contribution in [-0.4, -0.2) is 22.6 Å². The fraction of sp³-hybridized carbons (Fsp3) is 0.150. The molecule has 0 saturated heterocycles. The van der Waals surface area contributed by atoms with Gasteiger partial charge in [-0.25, -0.2) is 4.98 Å². The lowest BCUT2D eigenvalue weighted by molar-refractivity contribution is -0.116. The van der Waals surface area contributed by atoms with E-state index in [9.17, 15) is 9.59 Å². The summed E-state index contributed by atoms with van der Waals surface area (Å²) in [5.74, 6) is 0.00309. The van der Waals surface area contributed by atoms with Crippen LogP contribution in [0.2, 0.25) is 5.02 Å². The summed E-state index contributed by atoms with van der Waals surface area (Å²) in [4.78, 5) is 28.7. The second kappa shape index (κ2) is 9.73. The van der Waals surface area contributed by atoms with Crippen LogP contribution in [0.1, 0.15) is 11.3 Å². The van der Waals surface area contributed by atoms with Crippen LogP contribution in [0.25, 0.3) is 0 Å². The van der Waals surface area contributed by atoms with Gasteiger partial charge in [0.15, 0.2) is 4.34 Å². The predicted octanol–water partition coefficient (Wildman–Crippen LogP) is 5.02. The normalized spacial score (nSPS) is 10.5. The van der Waals surface area contributed by atoms with Crippen molar-refractivity contribution < 1.29 is 9.59 Å². The Labute approximate surface area is 176 Å². The van der Waals surface area contributed by atoms with E-state index >= 15 is 0 Å². The number of carbonyl (C=O) groups excluding carboxylic acids is 2. The minimum atomic E-state index is -0.124. The molecule has 0 aliphatic rings. The van der Waals surface area contributed by atoms with E-state index in [0.717, 1.165) is 15.6 Å². The summed E-state index contributed by atoms with van der Waals surface area (Å²) >= 11 is 8.60. The van der Waals surface area contributed by atoms with Gasteiger partial charge in [-0.15, -0.1) is 11.3 Å². The lowest BCUT2D eigenvalue weighted by atomic mass is 10.2. The zero-order valence-corrected chi connectivity index (χ0v) is 17.5. The van der Waals surface area contributed by atoms with Gasteiger partial charge in [-0.3, -0.25) is 9.59 Å². The van der Waals surface area contributed by atoms with Crippen molar-refractivity contribution in [3.05, 3.63) is 70.2 Å². The number of thiazole rings is 1. The molecule has 28 heavy (non-hydrogen) atoms. The van der Waals surface area contributed by atoms with Crippen LogP contribution < -0.4 is 10.6 Å². The Bertz CT molecular complexity index is 974. The zero-order chi connectivity index (χ0) is 19.9. The van der Waals surface area contributed by atoms with Gasteiger partial charge in [-0.05, 0) is 42.8 Å². The Morgan fingerprint density at radius 2 is 1.82 bits per heavy atom. The number of hydrogen-bond donors (Lipinski definition) is 2. The van der Waals surface area contributed by atoms with Crippen LogP contribution in [0, 0.1) is 6.92 Å². The standard InChI is InChI=1S/C20H18ClN3O2S2/c1-13-4-2-3-5-17(13)24-18(25)10-16-11-27-20(23-16)28-12-19(26)22-15-8-6-14(21)7-9-15/h2-9,11H,10,12H2,1H3,(H,22,26)(H,24,25). The first-order valence-electron chi connectivity index (χ1n) is 8.48. The van der Waals surface area contributed by atoms with Crippen LogP contribution in [0.15, 0.2) is 58.3 Å². The second-order valence-corrected chi connectivity index (χ2v) is 8.51. The molecule has 0 aliphatic heterocycles. The number of anilines is 2. The highest BCUT2D eigenvalue weighted by Gasteiger charge is 2.11. The minimum Gasteiger partial charge on any atom is -0.326 e. The Kier molecular flexibility index (Phi) is 7.08. The molecular weight excluding hydrogens is 414 g/mol. The quantitative estimate of drug-likeness (QED) is 0.515. The fourth-order valence-electron chi connectivity index (χ4n) is 2.37. The molecule has 0 fully saturated rings. The van der Waals surface area contributed by atoms with Gasteiger partial charge in [-0.2, -0.15) is 0 Å². The highest BCUT2D eigenvalue weighted by Crippen LogP contribution is 2.24. The van der Waals surface area contributed by atoms with E-state index < -0.39 is 0 Å². The largest absolute Gasteiger partial charge is 0.326 e. The molecule has 3 rings (SSSR count). The summed E-state index contributed by atoms with van der Waals surface area (Å²) in [6.07, 6.45) is 0.197. The molecule has 0 unspecified atom stereocenters. The molecule has 5 nitrogen and oxygen atoms in total. The van der Waals surface area contributed by atoms with Crippen molar-refractivity contribution >= 4 is 57.9 Å². The number of nitrogens with one attached hydrogen (secondary N) is 2. The Morgan fingerprint density at radius 1 is 1.07 bits per heavy atom. The number of aromatic nitrogens is 1. The first-order chi connectivity index (χ1) is 13.5. The topological polar surface area (TPSA) is 71.1 Å². The minimum absolute atomic E-state index is 0.114. The number of para-hydroxylation sites is 1. The smallest absolute Gasteiger partial charge is 0.234 e. The Balaban J connectivity index is 1.47. The van der Waals surface area contributed by atoms with Gasteiger partial charge < -0.3 is 10.6 Å². The SMILES string of the molecule is Cc1ccccc1NC(=O)Cc1csc(SCC(=O)Nc2ccc(Cl)cc2)n1. The molecular formula is C20H18ClN3O2S2. The molecule has 0 saturated carbocycles. The van der Waals surface area contributed by atoms with Crippen LogP contribution in [0.3, 0.4) is 0 Å². The maximum atomic E-state index is 12.2. The van der Waals surface area contributed by atoms with Crippen molar-refractivity contribution in [1.29, 1.82) is 0 Å². The monoisotopic (exact) mass is 431 g/mol. The van der Waals surface area contributed by atoms with E-state index in [1.165, 1.54) is 23.1 Å². The third-order valence-electron chi connectivity index (χ3n) is 3.75. The van der Waals surface area contributed by atoms with E-state index in [1.54, 1.807) is 24.3 Å². The maximum Gasteiger partial charge on any atom is 0.234 e. The average molecular weight is 432 g/mol. The van der Waals surface area contributed by atoms with Crippen molar-refractivity contribution in [2.75, 3.05) is 16.4 Å². The highest BCUT2D eigenvalue weighted by atomic mass is 35.5. The van der Waals surface area contributed by atoms with E-state index in [1.807, 2.05) is 36.6 Å². The van der Waals surface area contributed by atoms with Crippen LogP contribution >= 0.6 is 34.7 Å². The summed E-state index contributed by atoms with van der Waals surface area (Å²) in [7, 11) is 0. The molecule has 0 spiro atoms. The third-order valence-corrected chi connectivity index (χ3v) is 6.07. The second-order valence-electron chi connectivity index (χ2n) is 5.99. The molecule has 2 aromatic carbocycles. The van der Waals surface area contributed by atoms with E-state index in [-0.39, 0.29) is 24.0 Å². The summed E-state index contributed by atoms with van der Waals surface area (Å²) in [5, 5.41) is 8.16. The summed E-state index contributed by atoms with van der Waals surface area (Å²) in [5.41, 5.74) is 3.20. The van der Waals surface area contributed by atoms with Crippen LogP contribution in [-0.2, 0) is 16.0 Å². The number of rotatable bonds is 7. The molecule has 1 aromatic heterocycles. The van der Waals surface area contributed by atoms with E-state index in [4.69, 9.17) is 11.6 Å². The number of thioether (sulfide) groups is 1. The average Bonchev–Trinajstić information content (AvgIpc) is 3.11. The van der Waals surface area contributed by atoms with Crippen LogP contribution in [0.5, 0.6) is 0 Å². The number of aryl methyl sites for hydroxylation is 1. The zero-order valence-electron chi connectivity index (χ0n) is 15.1. The number of benzene rings is 2.